The van der Waals surface area contributed by atoms with Crippen molar-refractivity contribution in [2.75, 3.05) is 0 Å². The fraction of sp³-hybridized carbons (Fsp3) is 0.677. The third kappa shape index (κ3) is 8.39. The average molecular weight is 533 g/mol. The van der Waals surface area contributed by atoms with E-state index in [1.165, 1.54) is 11.1 Å². The van der Waals surface area contributed by atoms with E-state index in [1.54, 1.807) is 46.8 Å². The van der Waals surface area contributed by atoms with Gasteiger partial charge in [-0.3, -0.25) is 0 Å². The van der Waals surface area contributed by atoms with Crippen molar-refractivity contribution in [1.82, 2.24) is 0 Å². The molecule has 0 radical (unpaired) electrons. The molecule has 1 aliphatic heterocycles. The molecule has 2 aliphatic rings. The lowest BCUT2D eigenvalue weighted by atomic mass is 9.76. The summed E-state index contributed by atoms with van der Waals surface area (Å²) in [5, 5.41) is 11.0. The molecule has 38 heavy (non-hydrogen) atoms. The summed E-state index contributed by atoms with van der Waals surface area (Å²) in [6.45, 7) is 16.8. The van der Waals surface area contributed by atoms with Crippen molar-refractivity contribution in [2.24, 2.45) is 5.92 Å². The maximum Gasteiger partial charge on any atom is 0.333 e. The predicted octanol–water partition coefficient (Wildman–Crippen LogP) is 6.12. The van der Waals surface area contributed by atoms with Crippen LogP contribution in [0.3, 0.4) is 0 Å². The zero-order chi connectivity index (χ0) is 28.6. The van der Waals surface area contributed by atoms with E-state index >= 15 is 0 Å². The van der Waals surface area contributed by atoms with Gasteiger partial charge in [0.25, 0.3) is 0 Å². The van der Waals surface area contributed by atoms with E-state index in [4.69, 9.17) is 18.9 Å². The molecule has 0 saturated carbocycles. The monoisotopic (exact) mass is 532 g/mol. The van der Waals surface area contributed by atoms with Gasteiger partial charge in [-0.15, -0.1) is 0 Å². The van der Waals surface area contributed by atoms with Gasteiger partial charge in [0.1, 0.15) is 6.10 Å². The maximum atomic E-state index is 12.9. The van der Waals surface area contributed by atoms with E-state index in [2.05, 4.69) is 39.8 Å². The van der Waals surface area contributed by atoms with Crippen molar-refractivity contribution in [3.8, 4) is 0 Å². The van der Waals surface area contributed by atoms with Crippen molar-refractivity contribution >= 4 is 11.9 Å². The minimum absolute atomic E-state index is 0.224. The van der Waals surface area contributed by atoms with Crippen LogP contribution in [-0.4, -0.2) is 53.4 Å². The van der Waals surface area contributed by atoms with Crippen LogP contribution in [0.1, 0.15) is 94.4 Å². The van der Waals surface area contributed by atoms with Crippen LogP contribution in [0.2, 0.25) is 0 Å². The summed E-state index contributed by atoms with van der Waals surface area (Å²) >= 11 is 0. The van der Waals surface area contributed by atoms with Gasteiger partial charge in [-0.25, -0.2) is 9.59 Å². The molecule has 1 fully saturated rings. The molecule has 0 unspecified atom stereocenters. The van der Waals surface area contributed by atoms with Crippen molar-refractivity contribution in [3.63, 3.8) is 0 Å². The Morgan fingerprint density at radius 3 is 2.16 bits per heavy atom. The van der Waals surface area contributed by atoms with Gasteiger partial charge in [-0.1, -0.05) is 35.5 Å². The normalized spacial score (nSPS) is 30.1. The van der Waals surface area contributed by atoms with Crippen molar-refractivity contribution in [3.05, 3.63) is 46.6 Å². The number of aliphatic hydroxyl groups is 1. The lowest BCUT2D eigenvalue weighted by Gasteiger charge is -2.47. The fourth-order valence-corrected chi connectivity index (χ4v) is 4.80. The Morgan fingerprint density at radius 1 is 1.08 bits per heavy atom. The van der Waals surface area contributed by atoms with Crippen LogP contribution in [0, 0.1) is 5.92 Å². The lowest BCUT2D eigenvalue weighted by molar-refractivity contribution is -0.328. The van der Waals surface area contributed by atoms with Crippen molar-refractivity contribution < 1.29 is 33.6 Å². The molecule has 0 aromatic carbocycles. The van der Waals surface area contributed by atoms with Gasteiger partial charge >= 0.3 is 11.9 Å². The van der Waals surface area contributed by atoms with E-state index < -0.39 is 48.2 Å². The third-order valence-electron chi connectivity index (χ3n) is 7.83. The predicted molar refractivity (Wildman–Crippen MR) is 148 cm³/mol. The van der Waals surface area contributed by atoms with Crippen LogP contribution in [-0.2, 0) is 28.5 Å². The molecule has 0 aromatic heterocycles. The minimum atomic E-state index is -1.20. The average Bonchev–Trinajstić information content (AvgIpc) is 2.87. The molecule has 1 heterocycles. The summed E-state index contributed by atoms with van der Waals surface area (Å²) in [6.07, 6.45) is 6.89. The molecule has 0 amide bonds. The fourth-order valence-electron chi connectivity index (χ4n) is 4.80. The van der Waals surface area contributed by atoms with Gasteiger partial charge in [0, 0.05) is 11.1 Å². The number of carbonyl (C=O) groups excluding carboxylic acids is 2. The summed E-state index contributed by atoms with van der Waals surface area (Å²) in [5.74, 6) is -0.947. The van der Waals surface area contributed by atoms with Crippen LogP contribution in [0.5, 0.6) is 0 Å². The molecular weight excluding hydrogens is 484 g/mol. The van der Waals surface area contributed by atoms with E-state index in [-0.39, 0.29) is 5.92 Å². The number of rotatable bonds is 10. The van der Waals surface area contributed by atoms with Crippen molar-refractivity contribution in [2.45, 2.75) is 131 Å². The number of hydrogen-bond acceptors (Lipinski definition) is 7. The van der Waals surface area contributed by atoms with Gasteiger partial charge in [0.15, 0.2) is 18.5 Å². The first-order chi connectivity index (χ1) is 17.8. The standard InChI is InChI=1S/C31H48O7/c1-10-21(6)28(33)36-26-25(32)23(8)35-30(27(26)37-29(34)22(7)11-2)38-31(9,18-12-13-19(3)4)24-16-14-20(5)15-17-24/h10-11,13-14,23-27,30,32H,12,15-18H2,1-9H3/b21-10-,22-11-/t23-,24-,25+,26+,27-,30+,31-/m1/s1. The molecule has 0 bridgehead atoms. The molecule has 214 valence electrons. The van der Waals surface area contributed by atoms with E-state index in [0.717, 1.165) is 32.1 Å². The summed E-state index contributed by atoms with van der Waals surface area (Å²) in [4.78, 5) is 25.6. The minimum Gasteiger partial charge on any atom is -0.452 e. The van der Waals surface area contributed by atoms with Gasteiger partial charge in [0.05, 0.1) is 11.7 Å². The summed E-state index contributed by atoms with van der Waals surface area (Å²) < 4.78 is 24.5. The first kappa shape index (κ1) is 32.0. The number of aliphatic hydroxyl groups excluding tert-OH is 1. The Kier molecular flexibility index (Phi) is 12.0. The highest BCUT2D eigenvalue weighted by Crippen LogP contribution is 2.41. The second-order valence-corrected chi connectivity index (χ2v) is 11.2. The number of esters is 2. The molecule has 0 spiro atoms. The SMILES string of the molecule is C/C=C(/C)C(=O)O[C@H]1[C@H](O[C@](C)(CCC=C(C)C)[C@@H]2CC=C(C)CC2)O[C@H](C)[C@H](O)[C@@H]1OC(=O)/C(C)=C\C. The van der Waals surface area contributed by atoms with Crippen molar-refractivity contribution in [1.29, 1.82) is 0 Å². The van der Waals surface area contributed by atoms with Gasteiger partial charge in [-0.2, -0.15) is 0 Å². The molecular formula is C31H48O7. The van der Waals surface area contributed by atoms with Crippen LogP contribution in [0.25, 0.3) is 0 Å². The van der Waals surface area contributed by atoms with Gasteiger partial charge in [-0.05, 0) is 100 Å². The zero-order valence-electron chi connectivity index (χ0n) is 24.7. The van der Waals surface area contributed by atoms with E-state index in [1.807, 2.05) is 0 Å². The Morgan fingerprint density at radius 2 is 1.66 bits per heavy atom. The second kappa shape index (κ2) is 14.2. The van der Waals surface area contributed by atoms with Crippen LogP contribution < -0.4 is 0 Å². The quantitative estimate of drug-likeness (QED) is 0.206. The lowest BCUT2D eigenvalue weighted by Crippen LogP contribution is -2.62. The number of hydrogen-bond donors (Lipinski definition) is 1. The molecule has 0 aromatic rings. The number of allylic oxidation sites excluding steroid dienone is 6. The molecule has 7 nitrogen and oxygen atoms in total. The highest BCUT2D eigenvalue weighted by Gasteiger charge is 2.52. The number of carbonyl (C=O) groups is 2. The van der Waals surface area contributed by atoms with Gasteiger partial charge < -0.3 is 24.1 Å². The first-order valence-electron chi connectivity index (χ1n) is 13.8. The molecule has 1 aliphatic carbocycles. The highest BCUT2D eigenvalue weighted by atomic mass is 16.7. The second-order valence-electron chi connectivity index (χ2n) is 11.2. The Hall–Kier alpha value is -2.22. The molecule has 1 saturated heterocycles. The molecule has 1 N–H and O–H groups in total. The largest absolute Gasteiger partial charge is 0.452 e. The van der Waals surface area contributed by atoms with Crippen LogP contribution in [0.4, 0.5) is 0 Å². The Bertz CT molecular complexity index is 955. The van der Waals surface area contributed by atoms with Gasteiger partial charge in [0.2, 0.25) is 0 Å². The first-order valence-corrected chi connectivity index (χ1v) is 13.8. The summed E-state index contributed by atoms with van der Waals surface area (Å²) in [6, 6.07) is 0. The maximum absolute atomic E-state index is 12.9. The Balaban J connectivity index is 2.47. The smallest absolute Gasteiger partial charge is 0.333 e. The number of ether oxygens (including phenoxy) is 4. The highest BCUT2D eigenvalue weighted by molar-refractivity contribution is 5.88. The summed E-state index contributed by atoms with van der Waals surface area (Å²) in [5.41, 5.74) is 2.78. The topological polar surface area (TPSA) is 91.3 Å². The third-order valence-corrected chi connectivity index (χ3v) is 7.83. The van der Waals surface area contributed by atoms with E-state index in [9.17, 15) is 14.7 Å². The van der Waals surface area contributed by atoms with Crippen LogP contribution in [0.15, 0.2) is 46.6 Å². The Labute approximate surface area is 228 Å². The van der Waals surface area contributed by atoms with Crippen LogP contribution >= 0.6 is 0 Å². The zero-order valence-corrected chi connectivity index (χ0v) is 24.7. The molecule has 7 heteroatoms. The molecule has 2 rings (SSSR count). The molecule has 7 atom stereocenters. The van der Waals surface area contributed by atoms with E-state index in [0.29, 0.717) is 11.1 Å². The summed E-state index contributed by atoms with van der Waals surface area (Å²) in [7, 11) is 0.